The molecule has 0 amide bonds. The van der Waals surface area contributed by atoms with E-state index in [1.807, 2.05) is 6.07 Å². The highest BCUT2D eigenvalue weighted by Gasteiger charge is 2.24. The second-order valence-electron chi connectivity index (χ2n) is 6.80. The molecule has 0 spiro atoms. The van der Waals surface area contributed by atoms with Gasteiger partial charge in [0.25, 0.3) is 0 Å². The second kappa shape index (κ2) is 5.01. The third kappa shape index (κ3) is 3.19. The molecule has 2 nitrogen and oxygen atoms in total. The zero-order valence-electron chi connectivity index (χ0n) is 12.7. The van der Waals surface area contributed by atoms with Gasteiger partial charge in [0.2, 0.25) is 0 Å². The van der Waals surface area contributed by atoms with E-state index in [0.717, 1.165) is 23.2 Å². The van der Waals surface area contributed by atoms with Gasteiger partial charge in [-0.15, -0.1) is 0 Å². The van der Waals surface area contributed by atoms with Gasteiger partial charge in [-0.05, 0) is 42.9 Å². The van der Waals surface area contributed by atoms with E-state index in [9.17, 15) is 0 Å². The minimum atomic E-state index is -0.0260. The highest BCUT2D eigenvalue weighted by Crippen LogP contribution is 2.34. The quantitative estimate of drug-likeness (QED) is 0.858. The average molecular weight is 259 g/mol. The number of hydrogen-bond acceptors (Lipinski definition) is 2. The summed E-state index contributed by atoms with van der Waals surface area (Å²) >= 11 is 0. The number of hydrogen-bond donors (Lipinski definition) is 1. The van der Waals surface area contributed by atoms with Gasteiger partial charge in [-0.1, -0.05) is 39.3 Å². The molecule has 104 valence electrons. The van der Waals surface area contributed by atoms with E-state index in [4.69, 9.17) is 10.2 Å². The van der Waals surface area contributed by atoms with E-state index >= 15 is 0 Å². The Bertz CT molecular complexity index is 562. The van der Waals surface area contributed by atoms with Crippen LogP contribution in [0.2, 0.25) is 0 Å². The van der Waals surface area contributed by atoms with Crippen molar-refractivity contribution in [3.8, 4) is 0 Å². The molecular formula is C17H25NO. The molecule has 2 rings (SSSR count). The van der Waals surface area contributed by atoms with Crippen LogP contribution in [0, 0.1) is 18.3 Å². The SMILES string of the molecule is Cc1ccc2oc(C(N)CC(C)C(C)(C)C)cc2c1. The topological polar surface area (TPSA) is 39.2 Å². The molecule has 2 heteroatoms. The van der Waals surface area contributed by atoms with E-state index in [1.54, 1.807) is 0 Å². The number of nitrogens with two attached hydrogens (primary N) is 1. The van der Waals surface area contributed by atoms with Crippen molar-refractivity contribution in [2.24, 2.45) is 17.1 Å². The lowest BCUT2D eigenvalue weighted by Crippen LogP contribution is -2.22. The van der Waals surface area contributed by atoms with Crippen LogP contribution in [-0.2, 0) is 0 Å². The fraction of sp³-hybridized carbons (Fsp3) is 0.529. The molecule has 0 aliphatic heterocycles. The lowest BCUT2D eigenvalue weighted by atomic mass is 9.78. The maximum absolute atomic E-state index is 6.30. The van der Waals surface area contributed by atoms with Gasteiger partial charge in [-0.3, -0.25) is 0 Å². The van der Waals surface area contributed by atoms with E-state index in [-0.39, 0.29) is 11.5 Å². The smallest absolute Gasteiger partial charge is 0.134 e. The Morgan fingerprint density at radius 2 is 1.89 bits per heavy atom. The highest BCUT2D eigenvalue weighted by atomic mass is 16.3. The minimum Gasteiger partial charge on any atom is -0.459 e. The molecule has 2 N–H and O–H groups in total. The first kappa shape index (κ1) is 14.1. The van der Waals surface area contributed by atoms with Crippen LogP contribution >= 0.6 is 0 Å². The van der Waals surface area contributed by atoms with Crippen LogP contribution in [0.15, 0.2) is 28.7 Å². The van der Waals surface area contributed by atoms with Gasteiger partial charge in [0.15, 0.2) is 0 Å². The van der Waals surface area contributed by atoms with Crippen molar-refractivity contribution in [3.05, 3.63) is 35.6 Å². The summed E-state index contributed by atoms with van der Waals surface area (Å²) in [6.07, 6.45) is 0.947. The molecule has 2 unspecified atom stereocenters. The first-order valence-corrected chi connectivity index (χ1v) is 7.03. The van der Waals surface area contributed by atoms with Gasteiger partial charge < -0.3 is 10.2 Å². The molecule has 0 radical (unpaired) electrons. The van der Waals surface area contributed by atoms with Crippen molar-refractivity contribution < 1.29 is 4.42 Å². The molecule has 0 aliphatic rings. The summed E-state index contributed by atoms with van der Waals surface area (Å²) in [5, 5.41) is 1.15. The predicted octanol–water partition coefficient (Wildman–Crippen LogP) is 4.81. The molecule has 0 fully saturated rings. The lowest BCUT2D eigenvalue weighted by molar-refractivity contribution is 0.228. The van der Waals surface area contributed by atoms with Gasteiger partial charge in [0, 0.05) is 5.39 Å². The van der Waals surface area contributed by atoms with E-state index < -0.39 is 0 Å². The first-order valence-electron chi connectivity index (χ1n) is 7.03. The molecule has 2 aromatic rings. The molecule has 0 aliphatic carbocycles. The van der Waals surface area contributed by atoms with Crippen molar-refractivity contribution >= 4 is 11.0 Å². The van der Waals surface area contributed by atoms with Crippen LogP contribution in [0.5, 0.6) is 0 Å². The average Bonchev–Trinajstić information content (AvgIpc) is 2.70. The number of aryl methyl sites for hydroxylation is 1. The fourth-order valence-electron chi connectivity index (χ4n) is 2.22. The lowest BCUT2D eigenvalue weighted by Gasteiger charge is -2.28. The van der Waals surface area contributed by atoms with Crippen molar-refractivity contribution in [2.75, 3.05) is 0 Å². The monoisotopic (exact) mass is 259 g/mol. The maximum Gasteiger partial charge on any atom is 0.134 e. The van der Waals surface area contributed by atoms with Gasteiger partial charge >= 0.3 is 0 Å². The van der Waals surface area contributed by atoms with E-state index in [0.29, 0.717) is 5.92 Å². The highest BCUT2D eigenvalue weighted by molar-refractivity contribution is 5.78. The standard InChI is InChI=1S/C17H25NO/c1-11-6-7-15-13(8-11)10-16(19-15)14(18)9-12(2)17(3,4)5/h6-8,10,12,14H,9,18H2,1-5H3. The summed E-state index contributed by atoms with van der Waals surface area (Å²) in [6.45, 7) is 11.1. The second-order valence-corrected chi connectivity index (χ2v) is 6.80. The minimum absolute atomic E-state index is 0.0260. The number of benzene rings is 1. The van der Waals surface area contributed by atoms with Gasteiger partial charge in [-0.25, -0.2) is 0 Å². The Balaban J connectivity index is 2.20. The molecule has 1 heterocycles. The van der Waals surface area contributed by atoms with Crippen LogP contribution in [-0.4, -0.2) is 0 Å². The Morgan fingerprint density at radius 3 is 2.53 bits per heavy atom. The van der Waals surface area contributed by atoms with Crippen molar-refractivity contribution in [1.29, 1.82) is 0 Å². The largest absolute Gasteiger partial charge is 0.459 e. The molecular weight excluding hydrogens is 234 g/mol. The van der Waals surface area contributed by atoms with Crippen LogP contribution < -0.4 is 5.73 Å². The molecule has 0 saturated carbocycles. The van der Waals surface area contributed by atoms with Crippen LogP contribution in [0.3, 0.4) is 0 Å². The first-order chi connectivity index (χ1) is 8.77. The Hall–Kier alpha value is -1.28. The van der Waals surface area contributed by atoms with E-state index in [1.165, 1.54) is 5.56 Å². The molecule has 1 aromatic heterocycles. The fourth-order valence-corrected chi connectivity index (χ4v) is 2.22. The Labute approximate surface area is 116 Å². The van der Waals surface area contributed by atoms with Crippen molar-refractivity contribution in [1.82, 2.24) is 0 Å². The summed E-state index contributed by atoms with van der Waals surface area (Å²) in [7, 11) is 0. The normalized spacial score (nSPS) is 15.7. The third-order valence-corrected chi connectivity index (χ3v) is 4.14. The van der Waals surface area contributed by atoms with Crippen LogP contribution in [0.1, 0.15) is 51.5 Å². The third-order valence-electron chi connectivity index (χ3n) is 4.14. The molecule has 0 saturated heterocycles. The Kier molecular flexibility index (Phi) is 3.73. The summed E-state index contributed by atoms with van der Waals surface area (Å²) in [5.74, 6) is 1.45. The van der Waals surface area contributed by atoms with Crippen molar-refractivity contribution in [3.63, 3.8) is 0 Å². The predicted molar refractivity (Wildman–Crippen MR) is 81.1 cm³/mol. The van der Waals surface area contributed by atoms with Gasteiger partial charge in [0.1, 0.15) is 11.3 Å². The van der Waals surface area contributed by atoms with Crippen LogP contribution in [0.4, 0.5) is 0 Å². The number of rotatable bonds is 3. The molecule has 0 bridgehead atoms. The van der Waals surface area contributed by atoms with Gasteiger partial charge in [-0.2, -0.15) is 0 Å². The summed E-state index contributed by atoms with van der Waals surface area (Å²) in [6, 6.07) is 8.29. The number of furan rings is 1. The summed E-state index contributed by atoms with van der Waals surface area (Å²) in [5.41, 5.74) is 8.76. The summed E-state index contributed by atoms with van der Waals surface area (Å²) in [4.78, 5) is 0. The van der Waals surface area contributed by atoms with Crippen molar-refractivity contribution in [2.45, 2.75) is 47.1 Å². The molecule has 2 atom stereocenters. The Morgan fingerprint density at radius 1 is 1.21 bits per heavy atom. The molecule has 19 heavy (non-hydrogen) atoms. The van der Waals surface area contributed by atoms with E-state index in [2.05, 4.69) is 52.8 Å². The zero-order valence-corrected chi connectivity index (χ0v) is 12.7. The maximum atomic E-state index is 6.30. The molecule has 1 aromatic carbocycles. The number of fused-ring (bicyclic) bond motifs is 1. The zero-order chi connectivity index (χ0) is 14.2. The van der Waals surface area contributed by atoms with Gasteiger partial charge in [0.05, 0.1) is 6.04 Å². The summed E-state index contributed by atoms with van der Waals surface area (Å²) < 4.78 is 5.87. The van der Waals surface area contributed by atoms with Crippen LogP contribution in [0.25, 0.3) is 11.0 Å².